The quantitative estimate of drug-likeness (QED) is 0.566. The predicted octanol–water partition coefficient (Wildman–Crippen LogP) is 5.73. The van der Waals surface area contributed by atoms with Gasteiger partial charge in [0.2, 0.25) is 0 Å². The fraction of sp³-hybridized carbons (Fsp3) is 0.909. The van der Waals surface area contributed by atoms with Gasteiger partial charge in [-0.05, 0) is 106 Å². The van der Waals surface area contributed by atoms with E-state index in [4.69, 9.17) is 0 Å². The highest BCUT2D eigenvalue weighted by atomic mass is 16.3. The molecule has 23 heavy (non-hydrogen) atoms. The van der Waals surface area contributed by atoms with Crippen LogP contribution < -0.4 is 0 Å². The Morgan fingerprint density at radius 1 is 0.957 bits per heavy atom. The Hall–Kier alpha value is -0.300. The Morgan fingerprint density at radius 2 is 1.74 bits per heavy atom. The van der Waals surface area contributed by atoms with Crippen LogP contribution in [0.5, 0.6) is 0 Å². The molecule has 0 bridgehead atoms. The van der Waals surface area contributed by atoms with Crippen LogP contribution >= 0.6 is 0 Å². The van der Waals surface area contributed by atoms with E-state index >= 15 is 0 Å². The highest BCUT2D eigenvalue weighted by molar-refractivity contribution is 5.23. The predicted molar refractivity (Wildman–Crippen MR) is 96.1 cm³/mol. The molecule has 0 spiro atoms. The van der Waals surface area contributed by atoms with Crippen molar-refractivity contribution in [1.82, 2.24) is 0 Å². The summed E-state index contributed by atoms with van der Waals surface area (Å²) in [7, 11) is 0. The number of fused-ring (bicyclic) bond motifs is 5. The molecule has 0 aromatic heterocycles. The zero-order valence-corrected chi connectivity index (χ0v) is 15.7. The first-order chi connectivity index (χ1) is 10.8. The van der Waals surface area contributed by atoms with Gasteiger partial charge in [-0.2, -0.15) is 0 Å². The Kier molecular flexibility index (Phi) is 3.59. The maximum atomic E-state index is 10.6. The summed E-state index contributed by atoms with van der Waals surface area (Å²) < 4.78 is 0. The summed E-state index contributed by atoms with van der Waals surface area (Å²) in [6.45, 7) is 9.51. The minimum Gasteiger partial charge on any atom is -0.390 e. The van der Waals surface area contributed by atoms with E-state index in [1.807, 2.05) is 0 Å². The van der Waals surface area contributed by atoms with E-state index in [1.165, 1.54) is 44.9 Å². The molecule has 0 radical (unpaired) electrons. The molecule has 4 aliphatic carbocycles. The molecule has 1 nitrogen and oxygen atoms in total. The monoisotopic (exact) mass is 316 g/mol. The molecule has 0 heterocycles. The van der Waals surface area contributed by atoms with Crippen LogP contribution in [-0.4, -0.2) is 10.7 Å². The smallest absolute Gasteiger partial charge is 0.0622 e. The maximum Gasteiger partial charge on any atom is 0.0622 e. The minimum absolute atomic E-state index is 0.397. The van der Waals surface area contributed by atoms with Gasteiger partial charge in [0.1, 0.15) is 0 Å². The van der Waals surface area contributed by atoms with Crippen molar-refractivity contribution in [2.24, 2.45) is 34.5 Å². The van der Waals surface area contributed by atoms with Crippen LogP contribution in [-0.2, 0) is 0 Å². The second-order valence-electron chi connectivity index (χ2n) is 10.2. The van der Waals surface area contributed by atoms with Crippen molar-refractivity contribution in [2.45, 2.75) is 91.1 Å². The van der Waals surface area contributed by atoms with E-state index in [0.29, 0.717) is 10.8 Å². The van der Waals surface area contributed by atoms with E-state index in [2.05, 4.69) is 33.8 Å². The zero-order chi connectivity index (χ0) is 16.5. The van der Waals surface area contributed by atoms with Crippen LogP contribution in [0.4, 0.5) is 0 Å². The van der Waals surface area contributed by atoms with E-state index < -0.39 is 5.60 Å². The van der Waals surface area contributed by atoms with Gasteiger partial charge < -0.3 is 5.11 Å². The number of hydrogen-bond acceptors (Lipinski definition) is 1. The van der Waals surface area contributed by atoms with Crippen molar-refractivity contribution in [3.8, 4) is 0 Å². The van der Waals surface area contributed by atoms with E-state index in [9.17, 15) is 5.11 Å². The normalized spacial score (nSPS) is 57.7. The molecule has 4 saturated carbocycles. The Labute approximate surface area is 142 Å². The summed E-state index contributed by atoms with van der Waals surface area (Å²) in [6.07, 6.45) is 14.2. The molecule has 1 heteroatoms. The number of allylic oxidation sites excluding steroid dienone is 2. The Balaban J connectivity index is 1.63. The van der Waals surface area contributed by atoms with E-state index in [-0.39, 0.29) is 0 Å². The first-order valence-corrected chi connectivity index (χ1v) is 10.2. The SMILES string of the molecule is C/C=C1\CC[C@H]2[C@@H]3CC[C@H]4C[C@@](C)(O)CC[C@]4(C)[C@H]3CC[C@]12C. The molecule has 7 atom stereocenters. The van der Waals surface area contributed by atoms with Crippen molar-refractivity contribution < 1.29 is 5.11 Å². The molecule has 4 rings (SSSR count). The van der Waals surface area contributed by atoms with E-state index in [0.717, 1.165) is 36.5 Å². The number of rotatable bonds is 0. The lowest BCUT2D eigenvalue weighted by Crippen LogP contribution is -2.55. The highest BCUT2D eigenvalue weighted by Gasteiger charge is 2.59. The van der Waals surface area contributed by atoms with Gasteiger partial charge in [0, 0.05) is 0 Å². The van der Waals surface area contributed by atoms with Crippen LogP contribution in [0.1, 0.15) is 85.5 Å². The number of aliphatic hydroxyl groups is 1. The van der Waals surface area contributed by atoms with Gasteiger partial charge in [-0.3, -0.25) is 0 Å². The third-order valence-electron chi connectivity index (χ3n) is 9.15. The van der Waals surface area contributed by atoms with Crippen molar-refractivity contribution in [1.29, 1.82) is 0 Å². The van der Waals surface area contributed by atoms with Gasteiger partial charge in [0.15, 0.2) is 0 Å². The third-order valence-corrected chi connectivity index (χ3v) is 9.15. The molecule has 0 unspecified atom stereocenters. The number of hydrogen-bond donors (Lipinski definition) is 1. The highest BCUT2D eigenvalue weighted by Crippen LogP contribution is 2.67. The molecule has 4 fully saturated rings. The summed E-state index contributed by atoms with van der Waals surface area (Å²) >= 11 is 0. The minimum atomic E-state index is -0.397. The molecule has 4 aliphatic rings. The Morgan fingerprint density at radius 3 is 2.48 bits per heavy atom. The van der Waals surface area contributed by atoms with Crippen LogP contribution in [0.3, 0.4) is 0 Å². The van der Waals surface area contributed by atoms with Gasteiger partial charge >= 0.3 is 0 Å². The first kappa shape index (κ1) is 16.2. The topological polar surface area (TPSA) is 20.2 Å². The largest absolute Gasteiger partial charge is 0.390 e. The first-order valence-electron chi connectivity index (χ1n) is 10.2. The summed E-state index contributed by atoms with van der Waals surface area (Å²) in [6, 6.07) is 0. The lowest BCUT2D eigenvalue weighted by Gasteiger charge is -2.61. The van der Waals surface area contributed by atoms with Gasteiger partial charge in [-0.15, -0.1) is 0 Å². The van der Waals surface area contributed by atoms with Crippen molar-refractivity contribution in [2.75, 3.05) is 0 Å². The zero-order valence-electron chi connectivity index (χ0n) is 15.7. The van der Waals surface area contributed by atoms with Gasteiger partial charge in [0.25, 0.3) is 0 Å². The summed E-state index contributed by atoms with van der Waals surface area (Å²) in [5, 5.41) is 10.6. The van der Waals surface area contributed by atoms with E-state index in [1.54, 1.807) is 5.57 Å². The van der Waals surface area contributed by atoms with Crippen molar-refractivity contribution >= 4 is 0 Å². The second kappa shape index (κ2) is 5.10. The fourth-order valence-electron chi connectivity index (χ4n) is 7.75. The fourth-order valence-corrected chi connectivity index (χ4v) is 7.75. The molecular formula is C22H36O. The van der Waals surface area contributed by atoms with Gasteiger partial charge in [-0.25, -0.2) is 0 Å². The molecule has 0 aromatic carbocycles. The molecule has 130 valence electrons. The van der Waals surface area contributed by atoms with Crippen LogP contribution in [0.2, 0.25) is 0 Å². The summed E-state index contributed by atoms with van der Waals surface area (Å²) in [4.78, 5) is 0. The summed E-state index contributed by atoms with van der Waals surface area (Å²) in [5.74, 6) is 3.58. The van der Waals surface area contributed by atoms with Crippen molar-refractivity contribution in [3.05, 3.63) is 11.6 Å². The average Bonchev–Trinajstić information content (AvgIpc) is 2.84. The van der Waals surface area contributed by atoms with Gasteiger partial charge in [0.05, 0.1) is 5.60 Å². The average molecular weight is 317 g/mol. The molecule has 0 aromatic rings. The molecular weight excluding hydrogens is 280 g/mol. The molecule has 0 amide bonds. The summed E-state index contributed by atoms with van der Waals surface area (Å²) in [5.41, 5.74) is 2.38. The molecule has 0 saturated heterocycles. The van der Waals surface area contributed by atoms with Crippen molar-refractivity contribution in [3.63, 3.8) is 0 Å². The van der Waals surface area contributed by atoms with Crippen LogP contribution in [0.15, 0.2) is 11.6 Å². The van der Waals surface area contributed by atoms with Crippen LogP contribution in [0, 0.1) is 34.5 Å². The van der Waals surface area contributed by atoms with Gasteiger partial charge in [-0.1, -0.05) is 25.5 Å². The molecule has 0 aliphatic heterocycles. The Bertz CT molecular complexity index is 518. The lowest BCUT2D eigenvalue weighted by atomic mass is 9.44. The standard InChI is InChI=1S/C22H36O/c1-5-15-7-9-18-17-8-6-16-14-20(2,23)12-13-22(16,4)19(17)10-11-21(15,18)3/h5,16-19,23H,6-14H2,1-4H3/b15-5+/t16-,17-,18-,19-,20-,21+,22-/m0/s1. The molecule has 1 N–H and O–H groups in total. The second-order valence-corrected chi connectivity index (χ2v) is 10.2. The lowest BCUT2D eigenvalue weighted by molar-refractivity contribution is -0.139. The van der Waals surface area contributed by atoms with Crippen LogP contribution in [0.25, 0.3) is 0 Å². The third kappa shape index (κ3) is 2.21. The maximum absolute atomic E-state index is 10.6.